The molecular formula is C25H23ClN4O5S. The minimum Gasteiger partial charge on any atom is -0.495 e. The first kappa shape index (κ1) is 25.1. The molecule has 0 aliphatic carbocycles. The first-order valence-corrected chi connectivity index (χ1v) is 12.6. The maximum absolute atomic E-state index is 12.9. The van der Waals surface area contributed by atoms with Crippen molar-refractivity contribution in [3.8, 4) is 16.9 Å². The highest BCUT2D eigenvalue weighted by atomic mass is 35.5. The SMILES string of the molecule is CNC(=O)N(c1ccc(S(=O)(=O)Nc2ccon2)cc1)c1ccc(-c2ccc(Cl)c(C)c2)cc1OC. The lowest BCUT2D eigenvalue weighted by molar-refractivity contribution is 0.250. The number of methoxy groups -OCH3 is 1. The van der Waals surface area contributed by atoms with E-state index in [1.807, 2.05) is 37.3 Å². The molecule has 0 aliphatic rings. The standard InChI is InChI=1S/C25H23ClN4O5S/c1-16-14-17(4-10-21(16)26)18-5-11-22(23(15-18)34-3)30(25(31)27-2)19-6-8-20(9-7-19)36(32,33)29-24-12-13-35-28-24/h4-15H,1-3H3,(H,27,31)(H,28,29). The van der Waals surface area contributed by atoms with E-state index >= 15 is 0 Å². The van der Waals surface area contributed by atoms with Crippen molar-refractivity contribution in [1.29, 1.82) is 0 Å². The number of sulfonamides is 1. The molecule has 2 N–H and O–H groups in total. The summed E-state index contributed by atoms with van der Waals surface area (Å²) in [5, 5.41) is 6.85. The van der Waals surface area contributed by atoms with Gasteiger partial charge in [-0.05, 0) is 72.1 Å². The second-order valence-corrected chi connectivity index (χ2v) is 9.81. The van der Waals surface area contributed by atoms with E-state index in [0.717, 1.165) is 16.7 Å². The number of anilines is 3. The molecule has 0 saturated carbocycles. The summed E-state index contributed by atoms with van der Waals surface area (Å²) in [6.45, 7) is 1.93. The van der Waals surface area contributed by atoms with Crippen LogP contribution in [-0.2, 0) is 10.0 Å². The number of benzene rings is 3. The normalized spacial score (nSPS) is 11.1. The summed E-state index contributed by atoms with van der Waals surface area (Å²) < 4.78 is 37.9. The lowest BCUT2D eigenvalue weighted by Gasteiger charge is -2.25. The molecule has 1 aromatic heterocycles. The second kappa shape index (κ2) is 10.3. The Morgan fingerprint density at radius 1 is 1.03 bits per heavy atom. The van der Waals surface area contributed by atoms with Crippen molar-refractivity contribution in [3.63, 3.8) is 0 Å². The Morgan fingerprint density at radius 2 is 1.72 bits per heavy atom. The highest BCUT2D eigenvalue weighted by Gasteiger charge is 2.23. The third-order valence-electron chi connectivity index (χ3n) is 5.41. The molecule has 0 radical (unpaired) electrons. The van der Waals surface area contributed by atoms with Crippen molar-refractivity contribution in [2.45, 2.75) is 11.8 Å². The summed E-state index contributed by atoms with van der Waals surface area (Å²) in [7, 11) is -0.873. The zero-order valence-electron chi connectivity index (χ0n) is 19.7. The number of carbonyl (C=O) groups is 1. The number of hydrogen-bond acceptors (Lipinski definition) is 6. The largest absolute Gasteiger partial charge is 0.495 e. The third-order valence-corrected chi connectivity index (χ3v) is 7.21. The van der Waals surface area contributed by atoms with Gasteiger partial charge < -0.3 is 14.6 Å². The van der Waals surface area contributed by atoms with E-state index in [1.165, 1.54) is 55.7 Å². The Hall–Kier alpha value is -4.02. The molecule has 11 heteroatoms. The number of amides is 2. The number of ether oxygens (including phenoxy) is 1. The molecule has 3 aromatic carbocycles. The van der Waals surface area contributed by atoms with Crippen LogP contribution in [0.3, 0.4) is 0 Å². The summed E-state index contributed by atoms with van der Waals surface area (Å²) in [6.07, 6.45) is 1.26. The zero-order chi connectivity index (χ0) is 25.9. The Morgan fingerprint density at radius 3 is 2.33 bits per heavy atom. The summed E-state index contributed by atoms with van der Waals surface area (Å²) >= 11 is 6.16. The van der Waals surface area contributed by atoms with Gasteiger partial charge in [-0.2, -0.15) is 0 Å². The van der Waals surface area contributed by atoms with Crippen LogP contribution in [-0.4, -0.2) is 33.8 Å². The highest BCUT2D eigenvalue weighted by molar-refractivity contribution is 7.92. The molecule has 0 bridgehead atoms. The Bertz CT molecular complexity index is 1490. The van der Waals surface area contributed by atoms with Crippen molar-refractivity contribution in [2.75, 3.05) is 23.8 Å². The average Bonchev–Trinajstić information content (AvgIpc) is 3.38. The van der Waals surface area contributed by atoms with Crippen molar-refractivity contribution in [1.82, 2.24) is 10.5 Å². The molecule has 4 aromatic rings. The molecule has 9 nitrogen and oxygen atoms in total. The van der Waals surface area contributed by atoms with Crippen LogP contribution in [0, 0.1) is 6.92 Å². The summed E-state index contributed by atoms with van der Waals surface area (Å²) in [5.74, 6) is 0.514. The van der Waals surface area contributed by atoms with Crippen LogP contribution in [0.5, 0.6) is 5.75 Å². The molecule has 0 fully saturated rings. The van der Waals surface area contributed by atoms with Gasteiger partial charge in [0.2, 0.25) is 0 Å². The minimum absolute atomic E-state index is 0.00784. The molecule has 0 aliphatic heterocycles. The van der Waals surface area contributed by atoms with Gasteiger partial charge in [-0.3, -0.25) is 9.62 Å². The monoisotopic (exact) mass is 526 g/mol. The van der Waals surface area contributed by atoms with Gasteiger partial charge in [0.1, 0.15) is 12.0 Å². The first-order valence-electron chi connectivity index (χ1n) is 10.7. The van der Waals surface area contributed by atoms with Crippen LogP contribution >= 0.6 is 11.6 Å². The fraction of sp³-hybridized carbons (Fsp3) is 0.120. The van der Waals surface area contributed by atoms with Crippen LogP contribution in [0.2, 0.25) is 5.02 Å². The highest BCUT2D eigenvalue weighted by Crippen LogP contribution is 2.38. The molecule has 186 valence electrons. The van der Waals surface area contributed by atoms with Crippen LogP contribution in [0.25, 0.3) is 11.1 Å². The number of nitrogens with one attached hydrogen (secondary N) is 2. The van der Waals surface area contributed by atoms with Gasteiger partial charge in [0.15, 0.2) is 5.82 Å². The van der Waals surface area contributed by atoms with Crippen LogP contribution in [0.1, 0.15) is 5.56 Å². The van der Waals surface area contributed by atoms with E-state index in [1.54, 1.807) is 6.07 Å². The molecular weight excluding hydrogens is 504 g/mol. The van der Waals surface area contributed by atoms with Gasteiger partial charge in [0.05, 0.1) is 23.4 Å². The van der Waals surface area contributed by atoms with E-state index < -0.39 is 16.1 Å². The van der Waals surface area contributed by atoms with Crippen molar-refractivity contribution in [2.24, 2.45) is 0 Å². The maximum Gasteiger partial charge on any atom is 0.326 e. The minimum atomic E-state index is -3.90. The van der Waals surface area contributed by atoms with Gasteiger partial charge in [0, 0.05) is 18.1 Å². The number of aromatic nitrogens is 1. The van der Waals surface area contributed by atoms with Crippen molar-refractivity contribution >= 4 is 44.8 Å². The Kier molecular flexibility index (Phi) is 7.18. The average molecular weight is 527 g/mol. The topological polar surface area (TPSA) is 114 Å². The summed E-state index contributed by atoms with van der Waals surface area (Å²) in [5.41, 5.74) is 3.68. The number of nitrogens with zero attached hydrogens (tertiary/aromatic N) is 2. The molecule has 0 spiro atoms. The molecule has 0 atom stereocenters. The molecule has 0 saturated heterocycles. The smallest absolute Gasteiger partial charge is 0.326 e. The predicted molar refractivity (Wildman–Crippen MR) is 139 cm³/mol. The van der Waals surface area contributed by atoms with Crippen molar-refractivity contribution < 1.29 is 22.5 Å². The van der Waals surface area contributed by atoms with Gasteiger partial charge in [-0.1, -0.05) is 28.9 Å². The van der Waals surface area contributed by atoms with E-state index in [4.69, 9.17) is 16.3 Å². The second-order valence-electron chi connectivity index (χ2n) is 7.73. The van der Waals surface area contributed by atoms with E-state index in [0.29, 0.717) is 22.1 Å². The van der Waals surface area contributed by atoms with Gasteiger partial charge in [-0.25, -0.2) is 13.2 Å². The number of halogens is 1. The number of urea groups is 1. The first-order chi connectivity index (χ1) is 17.2. The molecule has 1 heterocycles. The summed E-state index contributed by atoms with van der Waals surface area (Å²) in [6, 6.07) is 18.0. The molecule has 36 heavy (non-hydrogen) atoms. The maximum atomic E-state index is 12.9. The zero-order valence-corrected chi connectivity index (χ0v) is 21.2. The van der Waals surface area contributed by atoms with E-state index in [2.05, 4.69) is 19.7 Å². The Balaban J connectivity index is 1.70. The van der Waals surface area contributed by atoms with E-state index in [-0.39, 0.29) is 10.7 Å². The molecule has 4 rings (SSSR count). The van der Waals surface area contributed by atoms with E-state index in [9.17, 15) is 13.2 Å². The lowest BCUT2D eigenvalue weighted by Crippen LogP contribution is -2.34. The Labute approximate surface area is 213 Å². The number of carbonyl (C=O) groups excluding carboxylic acids is 1. The molecule has 2 amide bonds. The number of hydrogen-bond donors (Lipinski definition) is 2. The van der Waals surface area contributed by atoms with Crippen LogP contribution < -0.4 is 19.7 Å². The van der Waals surface area contributed by atoms with Gasteiger partial charge in [-0.15, -0.1) is 0 Å². The number of rotatable bonds is 7. The fourth-order valence-electron chi connectivity index (χ4n) is 3.58. The van der Waals surface area contributed by atoms with Crippen molar-refractivity contribution in [3.05, 3.63) is 83.6 Å². The van der Waals surface area contributed by atoms with Gasteiger partial charge in [0.25, 0.3) is 10.0 Å². The van der Waals surface area contributed by atoms with Crippen LogP contribution in [0.15, 0.2) is 82.4 Å². The lowest BCUT2D eigenvalue weighted by atomic mass is 10.0. The van der Waals surface area contributed by atoms with Gasteiger partial charge >= 0.3 is 6.03 Å². The molecule has 0 unspecified atom stereocenters. The number of aryl methyl sites for hydroxylation is 1. The third kappa shape index (κ3) is 5.14. The predicted octanol–water partition coefficient (Wildman–Crippen LogP) is 5.59. The summed E-state index contributed by atoms with van der Waals surface area (Å²) in [4.78, 5) is 14.3. The fourth-order valence-corrected chi connectivity index (χ4v) is 4.69. The van der Waals surface area contributed by atoms with Crippen LogP contribution in [0.4, 0.5) is 22.0 Å². The quantitative estimate of drug-likeness (QED) is 0.324.